The Morgan fingerprint density at radius 2 is 1.73 bits per heavy atom. The van der Waals surface area contributed by atoms with Crippen molar-refractivity contribution in [3.8, 4) is 5.75 Å². The van der Waals surface area contributed by atoms with Crippen molar-refractivity contribution < 1.29 is 19.2 Å². The number of hydrogen-bond donors (Lipinski definition) is 2. The molecule has 0 fully saturated rings. The third-order valence-electron chi connectivity index (χ3n) is 3.59. The van der Waals surface area contributed by atoms with E-state index in [4.69, 9.17) is 4.74 Å². The van der Waals surface area contributed by atoms with Crippen LogP contribution in [0.5, 0.6) is 5.75 Å². The highest BCUT2D eigenvalue weighted by atomic mass is 16.6. The second-order valence-corrected chi connectivity index (χ2v) is 5.55. The molecule has 0 bridgehead atoms. The Bertz CT molecular complexity index is 787. The summed E-state index contributed by atoms with van der Waals surface area (Å²) in [5.74, 6) is -0.0894. The number of nitrogens with one attached hydrogen (secondary N) is 2. The van der Waals surface area contributed by atoms with E-state index in [0.717, 1.165) is 5.56 Å². The highest BCUT2D eigenvalue weighted by Crippen LogP contribution is 2.19. The number of likely N-dealkylation sites (N-methyl/N-ethyl adjacent to an activating group) is 1. The van der Waals surface area contributed by atoms with Crippen LogP contribution in [0, 0.1) is 10.1 Å². The maximum absolute atomic E-state index is 12.2. The van der Waals surface area contributed by atoms with E-state index in [0.29, 0.717) is 11.4 Å². The fraction of sp³-hybridized carbons (Fsp3) is 0.222. The lowest BCUT2D eigenvalue weighted by molar-refractivity contribution is -0.384. The molecule has 1 unspecified atom stereocenters. The Labute approximate surface area is 150 Å². The van der Waals surface area contributed by atoms with E-state index < -0.39 is 11.0 Å². The van der Waals surface area contributed by atoms with Crippen LogP contribution in [-0.2, 0) is 16.0 Å². The van der Waals surface area contributed by atoms with Crippen LogP contribution in [0.3, 0.4) is 0 Å². The predicted octanol–water partition coefficient (Wildman–Crippen LogP) is 2.29. The van der Waals surface area contributed by atoms with Crippen LogP contribution in [0.15, 0.2) is 48.5 Å². The van der Waals surface area contributed by atoms with E-state index in [2.05, 4.69) is 10.6 Å². The first kappa shape index (κ1) is 18.9. The highest BCUT2D eigenvalue weighted by Gasteiger charge is 2.15. The Kier molecular flexibility index (Phi) is 6.26. The summed E-state index contributed by atoms with van der Waals surface area (Å²) < 4.78 is 5.49. The Hall–Kier alpha value is -3.42. The van der Waals surface area contributed by atoms with Gasteiger partial charge in [0.05, 0.1) is 11.3 Å². The van der Waals surface area contributed by atoms with Gasteiger partial charge >= 0.3 is 0 Å². The van der Waals surface area contributed by atoms with Gasteiger partial charge in [-0.25, -0.2) is 0 Å². The van der Waals surface area contributed by atoms with E-state index in [1.807, 2.05) is 0 Å². The lowest BCUT2D eigenvalue weighted by Gasteiger charge is -2.15. The first-order valence-corrected chi connectivity index (χ1v) is 7.90. The van der Waals surface area contributed by atoms with Crippen LogP contribution in [0.1, 0.15) is 12.5 Å². The van der Waals surface area contributed by atoms with Crippen molar-refractivity contribution in [2.75, 3.05) is 12.4 Å². The molecule has 8 nitrogen and oxygen atoms in total. The third kappa shape index (κ3) is 5.30. The van der Waals surface area contributed by atoms with Gasteiger partial charge in [-0.3, -0.25) is 19.7 Å². The van der Waals surface area contributed by atoms with Crippen molar-refractivity contribution in [2.45, 2.75) is 19.4 Å². The minimum atomic E-state index is -0.790. The van der Waals surface area contributed by atoms with Crippen LogP contribution in [0.25, 0.3) is 0 Å². The van der Waals surface area contributed by atoms with Crippen LogP contribution >= 0.6 is 0 Å². The number of amides is 2. The van der Waals surface area contributed by atoms with Gasteiger partial charge in [-0.15, -0.1) is 0 Å². The van der Waals surface area contributed by atoms with Crippen molar-refractivity contribution in [2.24, 2.45) is 0 Å². The lowest BCUT2D eigenvalue weighted by atomic mass is 10.1. The van der Waals surface area contributed by atoms with Gasteiger partial charge in [0.15, 0.2) is 6.10 Å². The van der Waals surface area contributed by atoms with E-state index in [9.17, 15) is 19.7 Å². The number of ether oxygens (including phenoxy) is 1. The standard InChI is InChI=1S/C18H19N3O5/c1-12(26-16-9-7-15(8-10-16)21(24)25)18(23)20-14-5-3-13(4-6-14)11-17(22)19-2/h3-10,12H,11H2,1-2H3,(H,19,22)(H,20,23). The maximum Gasteiger partial charge on any atom is 0.269 e. The molecule has 0 saturated heterocycles. The molecule has 0 aromatic heterocycles. The molecule has 0 aliphatic heterocycles. The average molecular weight is 357 g/mol. The number of anilines is 1. The topological polar surface area (TPSA) is 111 Å². The van der Waals surface area contributed by atoms with E-state index in [-0.39, 0.29) is 23.9 Å². The minimum absolute atomic E-state index is 0.0497. The monoisotopic (exact) mass is 357 g/mol. The summed E-state index contributed by atoms with van der Waals surface area (Å²) in [6, 6.07) is 12.4. The van der Waals surface area contributed by atoms with Gasteiger partial charge in [-0.05, 0) is 36.8 Å². The van der Waals surface area contributed by atoms with Crippen molar-refractivity contribution in [1.29, 1.82) is 0 Å². The molecule has 2 amide bonds. The normalized spacial score (nSPS) is 11.3. The first-order chi connectivity index (χ1) is 12.4. The quantitative estimate of drug-likeness (QED) is 0.583. The van der Waals surface area contributed by atoms with Crippen molar-refractivity contribution in [3.63, 3.8) is 0 Å². The van der Waals surface area contributed by atoms with Crippen molar-refractivity contribution in [3.05, 3.63) is 64.2 Å². The van der Waals surface area contributed by atoms with Gasteiger partial charge in [-0.2, -0.15) is 0 Å². The minimum Gasteiger partial charge on any atom is -0.481 e. The largest absolute Gasteiger partial charge is 0.481 e. The zero-order chi connectivity index (χ0) is 19.1. The molecule has 0 heterocycles. The van der Waals surface area contributed by atoms with Gasteiger partial charge in [0, 0.05) is 24.9 Å². The summed E-state index contributed by atoms with van der Waals surface area (Å²) in [7, 11) is 1.57. The summed E-state index contributed by atoms with van der Waals surface area (Å²) in [6.07, 6.45) is -0.522. The van der Waals surface area contributed by atoms with Crippen LogP contribution in [0.2, 0.25) is 0 Å². The number of rotatable bonds is 7. The maximum atomic E-state index is 12.2. The van der Waals surface area contributed by atoms with Crippen molar-refractivity contribution in [1.82, 2.24) is 5.32 Å². The molecule has 2 rings (SSSR count). The summed E-state index contributed by atoms with van der Waals surface area (Å²) in [6.45, 7) is 1.58. The Morgan fingerprint density at radius 3 is 2.27 bits per heavy atom. The summed E-state index contributed by atoms with van der Waals surface area (Å²) in [5, 5.41) is 15.9. The second-order valence-electron chi connectivity index (χ2n) is 5.55. The van der Waals surface area contributed by atoms with Gasteiger partial charge in [0.2, 0.25) is 5.91 Å². The van der Waals surface area contributed by atoms with E-state index >= 15 is 0 Å². The summed E-state index contributed by atoms with van der Waals surface area (Å²) >= 11 is 0. The smallest absolute Gasteiger partial charge is 0.269 e. The number of hydrogen-bond acceptors (Lipinski definition) is 5. The molecule has 0 aliphatic rings. The number of nitro benzene ring substituents is 1. The molecule has 0 spiro atoms. The number of nitrogens with zero attached hydrogens (tertiary/aromatic N) is 1. The van der Waals surface area contributed by atoms with Crippen molar-refractivity contribution >= 4 is 23.2 Å². The van der Waals surface area contributed by atoms with Gasteiger partial charge < -0.3 is 15.4 Å². The van der Waals surface area contributed by atoms with Gasteiger partial charge in [0.25, 0.3) is 11.6 Å². The molecule has 0 aliphatic carbocycles. The Balaban J connectivity index is 1.91. The fourth-order valence-corrected chi connectivity index (χ4v) is 2.13. The number of benzene rings is 2. The molecule has 2 N–H and O–H groups in total. The molecule has 2 aromatic rings. The molecule has 0 radical (unpaired) electrons. The predicted molar refractivity (Wildman–Crippen MR) is 96.0 cm³/mol. The highest BCUT2D eigenvalue weighted by molar-refractivity contribution is 5.94. The first-order valence-electron chi connectivity index (χ1n) is 7.90. The molecule has 2 aromatic carbocycles. The molecule has 26 heavy (non-hydrogen) atoms. The molecular weight excluding hydrogens is 338 g/mol. The van der Waals surface area contributed by atoms with Crippen LogP contribution in [-0.4, -0.2) is 29.9 Å². The fourth-order valence-electron chi connectivity index (χ4n) is 2.13. The van der Waals surface area contributed by atoms with E-state index in [1.165, 1.54) is 24.3 Å². The molecule has 8 heteroatoms. The zero-order valence-corrected chi connectivity index (χ0v) is 14.4. The van der Waals surface area contributed by atoms with E-state index in [1.54, 1.807) is 38.2 Å². The second kappa shape index (κ2) is 8.61. The zero-order valence-electron chi connectivity index (χ0n) is 14.4. The van der Waals surface area contributed by atoms with Gasteiger partial charge in [0.1, 0.15) is 5.75 Å². The average Bonchev–Trinajstić information content (AvgIpc) is 2.63. The number of nitro groups is 1. The summed E-state index contributed by atoms with van der Waals surface area (Å²) in [5.41, 5.74) is 1.36. The van der Waals surface area contributed by atoms with Gasteiger partial charge in [-0.1, -0.05) is 12.1 Å². The number of carbonyl (C=O) groups excluding carboxylic acids is 2. The molecule has 136 valence electrons. The van der Waals surface area contributed by atoms with Crippen LogP contribution < -0.4 is 15.4 Å². The summed E-state index contributed by atoms with van der Waals surface area (Å²) in [4.78, 5) is 33.6. The van der Waals surface area contributed by atoms with Crippen LogP contribution in [0.4, 0.5) is 11.4 Å². The molecular formula is C18H19N3O5. The third-order valence-corrected chi connectivity index (χ3v) is 3.59. The molecule has 0 saturated carbocycles. The lowest BCUT2D eigenvalue weighted by Crippen LogP contribution is -2.30. The number of non-ortho nitro benzene ring substituents is 1. The molecule has 1 atom stereocenters. The number of carbonyl (C=O) groups is 2. The SMILES string of the molecule is CNC(=O)Cc1ccc(NC(=O)C(C)Oc2ccc([N+](=O)[O-])cc2)cc1. The Morgan fingerprint density at radius 1 is 1.12 bits per heavy atom.